The minimum atomic E-state index is -0.242. The maximum atomic E-state index is 12.4. The Labute approximate surface area is 407 Å². The Kier molecular flexibility index (Phi) is 7.88. The van der Waals surface area contributed by atoms with Crippen molar-refractivity contribution in [1.82, 2.24) is 13.7 Å². The van der Waals surface area contributed by atoms with E-state index in [1.165, 1.54) is 16.7 Å². The summed E-state index contributed by atoms with van der Waals surface area (Å²) in [5.74, 6) is 0. The number of nitriles is 2. The topological polar surface area (TPSA) is 75.5 Å². The summed E-state index contributed by atoms with van der Waals surface area (Å²) in [6, 6.07) is 75.8. The molecule has 0 saturated carbocycles. The highest BCUT2D eigenvalue weighted by Crippen LogP contribution is 2.53. The Morgan fingerprint density at radius 2 is 0.831 bits per heavy atom. The molecule has 0 bridgehead atoms. The quantitative estimate of drug-likeness (QED) is 0.177. The molecule has 6 heteroatoms. The summed E-state index contributed by atoms with van der Waals surface area (Å²) in [6.45, 7) is 4.59. The van der Waals surface area contributed by atoms with Crippen LogP contribution in [-0.4, -0.2) is 13.7 Å². The number of furan rings is 1. The van der Waals surface area contributed by atoms with Crippen LogP contribution >= 0.6 is 0 Å². The third kappa shape index (κ3) is 5.07. The van der Waals surface area contributed by atoms with Crippen LogP contribution in [0.1, 0.15) is 36.1 Å². The average molecular weight is 906 g/mol. The zero-order chi connectivity index (χ0) is 47.3. The zero-order valence-electron chi connectivity index (χ0n) is 38.7. The lowest BCUT2D eigenvalue weighted by molar-refractivity contribution is 0.660. The second kappa shape index (κ2) is 14.2. The minimum Gasteiger partial charge on any atom is -0.454 e. The van der Waals surface area contributed by atoms with E-state index < -0.39 is 0 Å². The van der Waals surface area contributed by atoms with Crippen LogP contribution < -0.4 is 0 Å². The van der Waals surface area contributed by atoms with E-state index in [1.54, 1.807) is 0 Å². The Bertz CT molecular complexity index is 4510. The average Bonchev–Trinajstić information content (AvgIpc) is 4.21. The van der Waals surface area contributed by atoms with Gasteiger partial charge in [0.05, 0.1) is 50.2 Å². The summed E-state index contributed by atoms with van der Waals surface area (Å²) < 4.78 is 13.7. The largest absolute Gasteiger partial charge is 0.454 e. The first-order valence-electron chi connectivity index (χ1n) is 24.1. The van der Waals surface area contributed by atoms with Gasteiger partial charge in [-0.2, -0.15) is 10.5 Å². The lowest BCUT2D eigenvalue weighted by Crippen LogP contribution is -2.15. The molecule has 330 valence electrons. The van der Waals surface area contributed by atoms with E-state index in [9.17, 15) is 10.5 Å². The lowest BCUT2D eigenvalue weighted by atomic mass is 9.82. The van der Waals surface area contributed by atoms with Crippen molar-refractivity contribution in [1.29, 1.82) is 10.5 Å². The molecule has 0 spiro atoms. The van der Waals surface area contributed by atoms with Crippen molar-refractivity contribution >= 4 is 87.4 Å². The van der Waals surface area contributed by atoms with Gasteiger partial charge in [-0.15, -0.1) is 0 Å². The summed E-state index contributed by atoms with van der Waals surface area (Å²) in [5.41, 5.74) is 15.7. The molecule has 71 heavy (non-hydrogen) atoms. The molecule has 15 rings (SSSR count). The molecular weight excluding hydrogens is 867 g/mol. The molecule has 0 aliphatic heterocycles. The normalized spacial score (nSPS) is 13.0. The highest BCUT2D eigenvalue weighted by molar-refractivity contribution is 6.22. The molecule has 0 saturated heterocycles. The maximum Gasteiger partial charge on any atom is 0.160 e. The number of benzene rings is 10. The van der Waals surface area contributed by atoms with E-state index in [0.29, 0.717) is 33.8 Å². The highest BCUT2D eigenvalue weighted by atomic mass is 16.3. The van der Waals surface area contributed by atoms with Crippen LogP contribution in [0, 0.1) is 22.7 Å². The van der Waals surface area contributed by atoms with Gasteiger partial charge < -0.3 is 18.1 Å². The number of nitrogens with zero attached hydrogens (tertiary/aromatic N) is 5. The van der Waals surface area contributed by atoms with Crippen LogP contribution in [0.4, 0.5) is 0 Å². The lowest BCUT2D eigenvalue weighted by Gasteiger charge is -2.27. The SMILES string of the molecule is CC1(C)c2ccccc2-c2cc(-c3c(-n4c5ccccc5c5ccccc54)c(C#N)c(-n4c5ccccc5c5ccc6c7ccccc7oc6c54)c(C#N)c3-n3c4ccccc4c4ccccc43)ccc21. The fourth-order valence-corrected chi connectivity index (χ4v) is 12.5. The van der Waals surface area contributed by atoms with E-state index in [2.05, 4.69) is 216 Å². The molecule has 0 unspecified atom stereocenters. The maximum absolute atomic E-state index is 12.4. The number of fused-ring (bicyclic) bond motifs is 16. The molecule has 0 N–H and O–H groups in total. The zero-order valence-corrected chi connectivity index (χ0v) is 38.7. The molecular formula is C65H39N5O. The van der Waals surface area contributed by atoms with E-state index in [4.69, 9.17) is 4.42 Å². The number of hydrogen-bond acceptors (Lipinski definition) is 3. The number of aromatic nitrogens is 3. The molecule has 6 nitrogen and oxygen atoms in total. The van der Waals surface area contributed by atoms with Gasteiger partial charge in [-0.3, -0.25) is 0 Å². The predicted molar refractivity (Wildman–Crippen MR) is 289 cm³/mol. The van der Waals surface area contributed by atoms with Crippen molar-refractivity contribution in [3.8, 4) is 51.5 Å². The molecule has 4 aromatic heterocycles. The molecule has 4 heterocycles. The first-order valence-corrected chi connectivity index (χ1v) is 24.1. The van der Waals surface area contributed by atoms with Gasteiger partial charge in [0.25, 0.3) is 0 Å². The molecule has 0 radical (unpaired) electrons. The van der Waals surface area contributed by atoms with Gasteiger partial charge >= 0.3 is 0 Å². The van der Waals surface area contributed by atoms with Crippen molar-refractivity contribution in [3.63, 3.8) is 0 Å². The van der Waals surface area contributed by atoms with Gasteiger partial charge in [-0.25, -0.2) is 0 Å². The van der Waals surface area contributed by atoms with Gasteiger partial charge in [0.15, 0.2) is 5.58 Å². The van der Waals surface area contributed by atoms with E-state index >= 15 is 0 Å². The minimum absolute atomic E-state index is 0.242. The van der Waals surface area contributed by atoms with E-state index in [-0.39, 0.29) is 5.41 Å². The fraction of sp³-hybridized carbons (Fsp3) is 0.0462. The number of rotatable bonds is 4. The van der Waals surface area contributed by atoms with Crippen LogP contribution in [0.3, 0.4) is 0 Å². The molecule has 14 aromatic rings. The Morgan fingerprint density at radius 3 is 1.38 bits per heavy atom. The monoisotopic (exact) mass is 905 g/mol. The van der Waals surface area contributed by atoms with Crippen molar-refractivity contribution in [2.75, 3.05) is 0 Å². The summed E-state index contributed by atoms with van der Waals surface area (Å²) in [7, 11) is 0. The second-order valence-electron chi connectivity index (χ2n) is 19.4. The van der Waals surface area contributed by atoms with Crippen LogP contribution in [0.25, 0.3) is 127 Å². The third-order valence-electron chi connectivity index (χ3n) is 15.5. The van der Waals surface area contributed by atoms with Gasteiger partial charge in [0, 0.05) is 54.1 Å². The number of hydrogen-bond donors (Lipinski definition) is 0. The van der Waals surface area contributed by atoms with Gasteiger partial charge in [-0.05, 0) is 76.3 Å². The number of para-hydroxylation sites is 6. The second-order valence-corrected chi connectivity index (χ2v) is 19.4. The van der Waals surface area contributed by atoms with Crippen molar-refractivity contribution < 1.29 is 4.42 Å². The first kappa shape index (κ1) is 39.4. The van der Waals surface area contributed by atoms with Crippen LogP contribution in [0.15, 0.2) is 205 Å². The summed E-state index contributed by atoms with van der Waals surface area (Å²) in [4.78, 5) is 0. The summed E-state index contributed by atoms with van der Waals surface area (Å²) in [5, 5.41) is 33.0. The first-order chi connectivity index (χ1) is 35.0. The summed E-state index contributed by atoms with van der Waals surface area (Å²) >= 11 is 0. The van der Waals surface area contributed by atoms with Crippen molar-refractivity contribution in [2.24, 2.45) is 0 Å². The van der Waals surface area contributed by atoms with Gasteiger partial charge in [-0.1, -0.05) is 166 Å². The Hall–Kier alpha value is -9.62. The standard InChI is InChI=1S/C65H39N5O/c1-65(2)51-24-10-3-17-39(51)48-35-38(31-34-52(48)65)59-61(68-53-25-11-4-18-40(53)41-19-5-12-26-54(41)68)49(36-66)60(50(37-67)62(59)69-55-27-13-6-20-42(55)43-21-7-14-28-56(43)69)70-57-29-15-8-22-44(57)46-32-33-47-45-23-9-16-30-58(45)71-64(47)63(46)70/h3-35H,1-2H3. The van der Waals surface area contributed by atoms with Crippen LogP contribution in [0.5, 0.6) is 0 Å². The van der Waals surface area contributed by atoms with Gasteiger partial charge in [0.1, 0.15) is 28.8 Å². The van der Waals surface area contributed by atoms with E-state index in [0.717, 1.165) is 98.5 Å². The van der Waals surface area contributed by atoms with Crippen LogP contribution in [0.2, 0.25) is 0 Å². The van der Waals surface area contributed by atoms with Crippen LogP contribution in [-0.2, 0) is 5.41 Å². The Morgan fingerprint density at radius 1 is 0.394 bits per heavy atom. The molecule has 10 aromatic carbocycles. The van der Waals surface area contributed by atoms with Crippen molar-refractivity contribution in [3.05, 3.63) is 222 Å². The smallest absolute Gasteiger partial charge is 0.160 e. The molecule has 0 fully saturated rings. The third-order valence-corrected chi connectivity index (χ3v) is 15.5. The molecule has 1 aliphatic carbocycles. The molecule has 1 aliphatic rings. The molecule has 0 atom stereocenters. The fourth-order valence-electron chi connectivity index (χ4n) is 12.5. The van der Waals surface area contributed by atoms with E-state index in [1.807, 2.05) is 24.3 Å². The highest BCUT2D eigenvalue weighted by Gasteiger charge is 2.38. The molecule has 0 amide bonds. The van der Waals surface area contributed by atoms with Crippen molar-refractivity contribution in [2.45, 2.75) is 19.3 Å². The summed E-state index contributed by atoms with van der Waals surface area (Å²) in [6.07, 6.45) is 0. The van der Waals surface area contributed by atoms with Gasteiger partial charge in [0.2, 0.25) is 0 Å². The Balaban J connectivity index is 1.24. The predicted octanol–water partition coefficient (Wildman–Crippen LogP) is 16.6.